The van der Waals surface area contributed by atoms with Crippen molar-refractivity contribution < 1.29 is 0 Å². The minimum atomic E-state index is 0.685. The first kappa shape index (κ1) is 6.78. The van der Waals surface area contributed by atoms with Crippen molar-refractivity contribution in [2.24, 2.45) is 5.73 Å². The molecule has 0 aliphatic heterocycles. The van der Waals surface area contributed by atoms with Crippen molar-refractivity contribution in [3.8, 4) is 0 Å². The lowest BCUT2D eigenvalue weighted by Crippen LogP contribution is -1.93. The van der Waals surface area contributed by atoms with E-state index in [0.717, 1.165) is 0 Å². The molecule has 0 aliphatic rings. The maximum absolute atomic E-state index is 5.47. The third kappa shape index (κ3) is 1.32. The van der Waals surface area contributed by atoms with E-state index in [9.17, 15) is 0 Å². The molecule has 0 saturated heterocycles. The average molecular weight is 141 g/mol. The number of thiophene rings is 1. The molecule has 1 rings (SSSR count). The molecule has 0 bridgehead atoms. The number of rotatable bonds is 1. The van der Waals surface area contributed by atoms with E-state index in [2.05, 4.69) is 19.9 Å². The second kappa shape index (κ2) is 2.50. The molecule has 0 radical (unpaired) electrons. The second-order valence-corrected chi connectivity index (χ2v) is 3.51. The van der Waals surface area contributed by atoms with Crippen LogP contribution in [0.25, 0.3) is 0 Å². The molecule has 1 aromatic rings. The Hall–Kier alpha value is -0.340. The van der Waals surface area contributed by atoms with Crippen LogP contribution in [0.5, 0.6) is 0 Å². The summed E-state index contributed by atoms with van der Waals surface area (Å²) in [5.74, 6) is 0. The number of hydrogen-bond acceptors (Lipinski definition) is 2. The molecule has 0 unspecified atom stereocenters. The van der Waals surface area contributed by atoms with Gasteiger partial charge in [0.25, 0.3) is 0 Å². The van der Waals surface area contributed by atoms with Gasteiger partial charge >= 0.3 is 0 Å². The summed E-state index contributed by atoms with van der Waals surface area (Å²) >= 11 is 1.79. The zero-order chi connectivity index (χ0) is 6.85. The quantitative estimate of drug-likeness (QED) is 0.634. The molecule has 0 saturated carbocycles. The molecule has 1 nitrogen and oxygen atoms in total. The molecule has 1 aromatic heterocycles. The van der Waals surface area contributed by atoms with Crippen LogP contribution in [0.3, 0.4) is 0 Å². The Bertz CT molecular complexity index is 203. The topological polar surface area (TPSA) is 26.0 Å². The van der Waals surface area contributed by atoms with Gasteiger partial charge in [-0.3, -0.25) is 0 Å². The molecular formula is C7H11NS. The molecule has 2 N–H and O–H groups in total. The van der Waals surface area contributed by atoms with Gasteiger partial charge in [0.1, 0.15) is 0 Å². The van der Waals surface area contributed by atoms with Crippen molar-refractivity contribution >= 4 is 11.3 Å². The van der Waals surface area contributed by atoms with Gasteiger partial charge in [-0.15, -0.1) is 11.3 Å². The van der Waals surface area contributed by atoms with Gasteiger partial charge in [-0.05, 0) is 25.5 Å². The van der Waals surface area contributed by atoms with Crippen molar-refractivity contribution in [3.63, 3.8) is 0 Å². The van der Waals surface area contributed by atoms with E-state index in [0.29, 0.717) is 6.54 Å². The van der Waals surface area contributed by atoms with Gasteiger partial charge in [0.2, 0.25) is 0 Å². The highest BCUT2D eigenvalue weighted by Crippen LogP contribution is 2.19. The summed E-state index contributed by atoms with van der Waals surface area (Å²) in [6, 6.07) is 2.17. The zero-order valence-electron chi connectivity index (χ0n) is 5.77. The zero-order valence-corrected chi connectivity index (χ0v) is 6.59. The summed E-state index contributed by atoms with van der Waals surface area (Å²) in [4.78, 5) is 2.67. The predicted molar refractivity (Wildman–Crippen MR) is 41.7 cm³/mol. The Balaban J connectivity index is 3.01. The molecular weight excluding hydrogens is 130 g/mol. The standard InChI is InChI=1S/C7H11NS/c1-5-3-6(2)9-7(5)4-8/h3H,4,8H2,1-2H3. The van der Waals surface area contributed by atoms with Gasteiger partial charge in [-0.2, -0.15) is 0 Å². The molecule has 0 atom stereocenters. The van der Waals surface area contributed by atoms with Crippen molar-refractivity contribution in [2.75, 3.05) is 0 Å². The largest absolute Gasteiger partial charge is 0.326 e. The molecule has 1 heterocycles. The van der Waals surface area contributed by atoms with Gasteiger partial charge in [0, 0.05) is 16.3 Å². The van der Waals surface area contributed by atoms with E-state index in [1.165, 1.54) is 15.3 Å². The van der Waals surface area contributed by atoms with Crippen molar-refractivity contribution in [1.29, 1.82) is 0 Å². The van der Waals surface area contributed by atoms with Gasteiger partial charge in [0.15, 0.2) is 0 Å². The lowest BCUT2D eigenvalue weighted by molar-refractivity contribution is 1.09. The molecule has 0 amide bonds. The fraction of sp³-hybridized carbons (Fsp3) is 0.429. The van der Waals surface area contributed by atoms with Crippen LogP contribution in [0.1, 0.15) is 15.3 Å². The van der Waals surface area contributed by atoms with Crippen LogP contribution in [0.2, 0.25) is 0 Å². The first-order valence-corrected chi connectivity index (χ1v) is 3.81. The van der Waals surface area contributed by atoms with Crippen molar-refractivity contribution in [2.45, 2.75) is 20.4 Å². The van der Waals surface area contributed by atoms with Gasteiger partial charge in [0.05, 0.1) is 0 Å². The second-order valence-electron chi connectivity index (χ2n) is 2.17. The van der Waals surface area contributed by atoms with Crippen LogP contribution in [-0.2, 0) is 6.54 Å². The van der Waals surface area contributed by atoms with Gasteiger partial charge in [-0.25, -0.2) is 0 Å². The predicted octanol–water partition coefficient (Wildman–Crippen LogP) is 1.82. The highest BCUT2D eigenvalue weighted by atomic mass is 32.1. The van der Waals surface area contributed by atoms with Crippen LogP contribution >= 0.6 is 11.3 Å². The molecule has 0 spiro atoms. The third-order valence-corrected chi connectivity index (χ3v) is 2.50. The molecule has 50 valence electrons. The SMILES string of the molecule is Cc1cc(C)c(CN)s1. The van der Waals surface area contributed by atoms with Gasteiger partial charge < -0.3 is 5.73 Å². The molecule has 0 aliphatic carbocycles. The first-order chi connectivity index (χ1) is 4.24. The smallest absolute Gasteiger partial charge is 0.0276 e. The maximum Gasteiger partial charge on any atom is 0.0276 e. The number of nitrogens with two attached hydrogens (primary N) is 1. The summed E-state index contributed by atoms with van der Waals surface area (Å²) < 4.78 is 0. The first-order valence-electron chi connectivity index (χ1n) is 3.00. The molecule has 0 aromatic carbocycles. The Kier molecular flexibility index (Phi) is 1.88. The molecule has 0 fully saturated rings. The fourth-order valence-corrected chi connectivity index (χ4v) is 1.82. The minimum Gasteiger partial charge on any atom is -0.326 e. The summed E-state index contributed by atoms with van der Waals surface area (Å²) in [7, 11) is 0. The highest BCUT2D eigenvalue weighted by Gasteiger charge is 1.98. The van der Waals surface area contributed by atoms with E-state index in [1.54, 1.807) is 11.3 Å². The van der Waals surface area contributed by atoms with E-state index in [4.69, 9.17) is 5.73 Å². The van der Waals surface area contributed by atoms with E-state index in [-0.39, 0.29) is 0 Å². The normalized spacial score (nSPS) is 10.1. The highest BCUT2D eigenvalue weighted by molar-refractivity contribution is 7.12. The lowest BCUT2D eigenvalue weighted by atomic mass is 10.3. The molecule has 9 heavy (non-hydrogen) atoms. The molecule has 2 heteroatoms. The van der Waals surface area contributed by atoms with E-state index in [1.807, 2.05) is 0 Å². The summed E-state index contributed by atoms with van der Waals surface area (Å²) in [6.45, 7) is 4.90. The Morgan fingerprint density at radius 2 is 2.22 bits per heavy atom. The van der Waals surface area contributed by atoms with Crippen LogP contribution in [-0.4, -0.2) is 0 Å². The van der Waals surface area contributed by atoms with E-state index < -0.39 is 0 Å². The van der Waals surface area contributed by atoms with E-state index >= 15 is 0 Å². The van der Waals surface area contributed by atoms with Crippen LogP contribution in [0, 0.1) is 13.8 Å². The Morgan fingerprint density at radius 3 is 2.44 bits per heavy atom. The van der Waals surface area contributed by atoms with Crippen molar-refractivity contribution in [1.82, 2.24) is 0 Å². The third-order valence-electron chi connectivity index (χ3n) is 1.33. The van der Waals surface area contributed by atoms with Crippen molar-refractivity contribution in [3.05, 3.63) is 21.4 Å². The fourth-order valence-electron chi connectivity index (χ4n) is 0.892. The number of hydrogen-bond donors (Lipinski definition) is 1. The Morgan fingerprint density at radius 1 is 1.56 bits per heavy atom. The van der Waals surface area contributed by atoms with Gasteiger partial charge in [-0.1, -0.05) is 0 Å². The monoisotopic (exact) mass is 141 g/mol. The minimum absolute atomic E-state index is 0.685. The summed E-state index contributed by atoms with van der Waals surface area (Å²) in [5.41, 5.74) is 6.81. The maximum atomic E-state index is 5.47. The summed E-state index contributed by atoms with van der Waals surface area (Å²) in [5, 5.41) is 0. The Labute approximate surface area is 59.5 Å². The van der Waals surface area contributed by atoms with Crippen LogP contribution in [0.4, 0.5) is 0 Å². The van der Waals surface area contributed by atoms with Crippen LogP contribution in [0.15, 0.2) is 6.07 Å². The average Bonchev–Trinajstić information content (AvgIpc) is 2.10. The number of aryl methyl sites for hydroxylation is 2. The lowest BCUT2D eigenvalue weighted by Gasteiger charge is -1.88. The van der Waals surface area contributed by atoms with Crippen LogP contribution < -0.4 is 5.73 Å². The summed E-state index contributed by atoms with van der Waals surface area (Å²) in [6.07, 6.45) is 0.